The smallest absolute Gasteiger partial charge is 0.172 e. The minimum Gasteiger partial charge on any atom is -0.356 e. The molecule has 3 fully saturated rings. The molecule has 132 valence electrons. The van der Waals surface area contributed by atoms with Crippen molar-refractivity contribution in [3.05, 3.63) is 35.9 Å². The Bertz CT molecular complexity index is 492. The number of rotatable bonds is 6. The first-order valence-corrected chi connectivity index (χ1v) is 10.6. The second kappa shape index (κ2) is 9.05. The quantitative estimate of drug-likeness (QED) is 0.660. The van der Waals surface area contributed by atoms with Crippen molar-refractivity contribution in [3.8, 4) is 0 Å². The number of hydrogen-bond acceptors (Lipinski definition) is 3. The first kappa shape index (κ1) is 18.0. The van der Waals surface area contributed by atoms with Crippen molar-refractivity contribution in [3.63, 3.8) is 0 Å². The average Bonchev–Trinajstić information content (AvgIpc) is 2.53. The molecule has 2 heterocycles. The summed E-state index contributed by atoms with van der Waals surface area (Å²) in [5, 5.41) is 0.613. The molecule has 3 aliphatic rings. The van der Waals surface area contributed by atoms with Gasteiger partial charge in [-0.2, -0.15) is 0 Å². The summed E-state index contributed by atoms with van der Waals surface area (Å²) in [6, 6.07) is 10.5. The molecule has 1 aromatic rings. The molecule has 0 N–H and O–H groups in total. The van der Waals surface area contributed by atoms with Crippen molar-refractivity contribution in [1.82, 2.24) is 0 Å². The van der Waals surface area contributed by atoms with Crippen molar-refractivity contribution in [2.75, 3.05) is 0 Å². The van der Waals surface area contributed by atoms with Crippen LogP contribution in [0.25, 0.3) is 0 Å². The fourth-order valence-corrected chi connectivity index (χ4v) is 5.46. The van der Waals surface area contributed by atoms with E-state index in [-0.39, 0.29) is 5.44 Å². The summed E-state index contributed by atoms with van der Waals surface area (Å²) >= 11 is 1.81. The number of benzene rings is 1. The van der Waals surface area contributed by atoms with Crippen LogP contribution in [0, 0.1) is 0 Å². The summed E-state index contributed by atoms with van der Waals surface area (Å²) in [4.78, 5) is 13.0. The molecule has 3 heteroatoms. The van der Waals surface area contributed by atoms with Gasteiger partial charge in [-0.05, 0) is 56.4 Å². The second-order valence-electron chi connectivity index (χ2n) is 7.28. The predicted octanol–water partition coefficient (Wildman–Crippen LogP) is 5.71. The summed E-state index contributed by atoms with van der Waals surface area (Å²) in [7, 11) is 0. The highest BCUT2D eigenvalue weighted by molar-refractivity contribution is 8.01. The highest BCUT2D eigenvalue weighted by Crippen LogP contribution is 2.38. The third-order valence-corrected chi connectivity index (χ3v) is 6.83. The third-order valence-electron chi connectivity index (χ3n) is 5.36. The van der Waals surface area contributed by atoms with Gasteiger partial charge in [-0.1, -0.05) is 43.7 Å². The zero-order valence-electron chi connectivity index (χ0n) is 14.8. The van der Waals surface area contributed by atoms with Gasteiger partial charge in [0.1, 0.15) is 0 Å². The largest absolute Gasteiger partial charge is 0.356 e. The molecule has 0 radical (unpaired) electrons. The minimum absolute atomic E-state index is 0.233. The Balaban J connectivity index is 1.67. The second-order valence-corrected chi connectivity index (χ2v) is 8.64. The van der Waals surface area contributed by atoms with E-state index >= 15 is 0 Å². The lowest BCUT2D eigenvalue weighted by Gasteiger charge is -2.34. The lowest BCUT2D eigenvalue weighted by atomic mass is 9.90. The highest BCUT2D eigenvalue weighted by atomic mass is 32.2. The number of carbonyl (C=O) groups is 1. The van der Waals surface area contributed by atoms with Crippen LogP contribution in [0.5, 0.6) is 0 Å². The maximum absolute atomic E-state index is 13.0. The van der Waals surface area contributed by atoms with Crippen molar-refractivity contribution >= 4 is 17.5 Å². The molecule has 2 atom stereocenters. The van der Waals surface area contributed by atoms with Crippen molar-refractivity contribution in [2.45, 2.75) is 87.4 Å². The van der Waals surface area contributed by atoms with Crippen LogP contribution in [0.3, 0.4) is 0 Å². The zero-order chi connectivity index (χ0) is 16.8. The van der Waals surface area contributed by atoms with Crippen LogP contribution in [0.1, 0.15) is 76.2 Å². The van der Waals surface area contributed by atoms with Crippen LogP contribution in [-0.2, 0) is 9.53 Å². The van der Waals surface area contributed by atoms with E-state index in [1.54, 1.807) is 0 Å². The predicted molar refractivity (Wildman–Crippen MR) is 101 cm³/mol. The van der Waals surface area contributed by atoms with Crippen LogP contribution in [0.4, 0.5) is 0 Å². The molecule has 4 rings (SSSR count). The first-order valence-electron chi connectivity index (χ1n) is 9.65. The third kappa shape index (κ3) is 4.86. The molecule has 2 unspecified atom stereocenters. The van der Waals surface area contributed by atoms with Crippen LogP contribution in [0.2, 0.25) is 0 Å². The SMILES string of the molecule is CCCC(CC(=O)C1OC2CCCC(CCC2)S1)c1ccccc1. The van der Waals surface area contributed by atoms with Gasteiger partial charge in [0.25, 0.3) is 0 Å². The highest BCUT2D eigenvalue weighted by Gasteiger charge is 2.32. The standard InChI is InChI=1S/C21H30O2S/c1-2-8-17(16-9-4-3-5-10-16)15-20(22)21-23-18-11-6-13-19(24-21)14-7-12-18/h3-5,9-10,17-19,21H,2,6-8,11-15H2,1H3. The maximum atomic E-state index is 13.0. The molecule has 1 saturated carbocycles. The van der Waals surface area contributed by atoms with Gasteiger partial charge < -0.3 is 4.74 Å². The molecular weight excluding hydrogens is 316 g/mol. The van der Waals surface area contributed by atoms with Crippen molar-refractivity contribution in [2.24, 2.45) is 0 Å². The Morgan fingerprint density at radius 1 is 1.17 bits per heavy atom. The van der Waals surface area contributed by atoms with Crippen molar-refractivity contribution in [1.29, 1.82) is 0 Å². The average molecular weight is 347 g/mol. The molecule has 2 nitrogen and oxygen atoms in total. The Labute approximate surface area is 150 Å². The molecule has 0 spiro atoms. The van der Waals surface area contributed by atoms with E-state index in [4.69, 9.17) is 4.74 Å². The fraction of sp³-hybridized carbons (Fsp3) is 0.667. The first-order chi connectivity index (χ1) is 11.8. The summed E-state index contributed by atoms with van der Waals surface area (Å²) in [6.07, 6.45) is 10.4. The molecule has 24 heavy (non-hydrogen) atoms. The van der Waals surface area contributed by atoms with E-state index in [1.807, 2.05) is 17.8 Å². The van der Waals surface area contributed by atoms with Crippen LogP contribution >= 0.6 is 11.8 Å². The monoisotopic (exact) mass is 346 g/mol. The van der Waals surface area contributed by atoms with Crippen LogP contribution in [-0.4, -0.2) is 22.6 Å². The number of carbonyl (C=O) groups excluding carboxylic acids is 1. The van der Waals surface area contributed by atoms with Gasteiger partial charge in [-0.15, -0.1) is 11.8 Å². The summed E-state index contributed by atoms with van der Waals surface area (Å²) in [5.74, 6) is 0.638. The number of fused-ring (bicyclic) bond motifs is 6. The number of ketones is 1. The fourth-order valence-electron chi connectivity index (χ4n) is 4.04. The normalized spacial score (nSPS) is 28.6. The maximum Gasteiger partial charge on any atom is 0.172 e. The number of hydrogen-bond donors (Lipinski definition) is 0. The van der Waals surface area contributed by atoms with E-state index in [0.29, 0.717) is 29.5 Å². The van der Waals surface area contributed by atoms with Gasteiger partial charge in [0.15, 0.2) is 11.2 Å². The van der Waals surface area contributed by atoms with Crippen molar-refractivity contribution < 1.29 is 9.53 Å². The number of thioether (sulfide) groups is 1. The van der Waals surface area contributed by atoms with E-state index in [2.05, 4.69) is 31.2 Å². The van der Waals surface area contributed by atoms with Gasteiger partial charge >= 0.3 is 0 Å². The van der Waals surface area contributed by atoms with E-state index in [9.17, 15) is 4.79 Å². The molecule has 2 bridgehead atoms. The molecular formula is C21H30O2S. The van der Waals surface area contributed by atoms with Crippen LogP contribution in [0.15, 0.2) is 30.3 Å². The van der Waals surface area contributed by atoms with Gasteiger partial charge in [0.2, 0.25) is 0 Å². The number of ether oxygens (including phenoxy) is 1. The number of Topliss-reactive ketones (excluding diaryl/α,β-unsaturated/α-hetero) is 1. The molecule has 2 saturated heterocycles. The molecule has 0 aromatic heterocycles. The van der Waals surface area contributed by atoms with Gasteiger partial charge in [0, 0.05) is 11.7 Å². The van der Waals surface area contributed by atoms with E-state index < -0.39 is 0 Å². The minimum atomic E-state index is -0.233. The van der Waals surface area contributed by atoms with Gasteiger partial charge in [-0.3, -0.25) is 4.79 Å². The summed E-state index contributed by atoms with van der Waals surface area (Å²) in [5.41, 5.74) is 1.06. The lowest BCUT2D eigenvalue weighted by Crippen LogP contribution is -2.34. The summed E-state index contributed by atoms with van der Waals surface area (Å²) in [6.45, 7) is 2.20. The Kier molecular flexibility index (Phi) is 6.79. The molecule has 1 aromatic carbocycles. The molecule has 2 aliphatic heterocycles. The van der Waals surface area contributed by atoms with Gasteiger partial charge in [-0.25, -0.2) is 0 Å². The van der Waals surface area contributed by atoms with E-state index in [1.165, 1.54) is 31.2 Å². The summed E-state index contributed by atoms with van der Waals surface area (Å²) < 4.78 is 6.25. The topological polar surface area (TPSA) is 26.3 Å². The Morgan fingerprint density at radius 3 is 2.54 bits per heavy atom. The molecule has 1 aliphatic carbocycles. The Hall–Kier alpha value is -0.800. The van der Waals surface area contributed by atoms with Crippen LogP contribution < -0.4 is 0 Å². The Morgan fingerprint density at radius 2 is 1.88 bits per heavy atom. The van der Waals surface area contributed by atoms with Gasteiger partial charge in [0.05, 0.1) is 6.10 Å². The lowest BCUT2D eigenvalue weighted by molar-refractivity contribution is -0.129. The zero-order valence-corrected chi connectivity index (χ0v) is 15.6. The van der Waals surface area contributed by atoms with E-state index in [0.717, 1.165) is 25.7 Å². The molecule has 0 amide bonds.